The van der Waals surface area contributed by atoms with Crippen molar-refractivity contribution in [3.8, 4) is 0 Å². The first-order valence-electron chi connectivity index (χ1n) is 8.39. The highest BCUT2D eigenvalue weighted by Crippen LogP contribution is 2.26. The summed E-state index contributed by atoms with van der Waals surface area (Å²) < 4.78 is 26.8. The van der Waals surface area contributed by atoms with Gasteiger partial charge in [0.05, 0.1) is 23.7 Å². The number of fused-ring (bicyclic) bond motifs is 1. The van der Waals surface area contributed by atoms with E-state index in [0.29, 0.717) is 18.1 Å². The minimum atomic E-state index is -3.02. The summed E-state index contributed by atoms with van der Waals surface area (Å²) in [4.78, 5) is 12.3. The molecule has 2 aliphatic rings. The van der Waals surface area contributed by atoms with Crippen molar-refractivity contribution >= 4 is 27.5 Å². The average molecular weight is 364 g/mol. The average Bonchev–Trinajstić information content (AvgIpc) is 3.24. The first kappa shape index (κ1) is 16.1. The van der Waals surface area contributed by atoms with Crippen molar-refractivity contribution in [2.24, 2.45) is 0 Å². The third-order valence-corrected chi connectivity index (χ3v) is 6.37. The van der Waals surface area contributed by atoms with Gasteiger partial charge in [-0.3, -0.25) is 15.3 Å². The van der Waals surface area contributed by atoms with Crippen LogP contribution < -0.4 is 10.6 Å². The number of nitrogens with one attached hydrogen (secondary N) is 2. The summed E-state index contributed by atoms with van der Waals surface area (Å²) >= 11 is 0. The lowest BCUT2D eigenvalue weighted by Crippen LogP contribution is -2.23. The summed E-state index contributed by atoms with van der Waals surface area (Å²) in [5.74, 6) is 1.20. The second-order valence-electron chi connectivity index (χ2n) is 6.50. The fraction of sp³-hybridized carbons (Fsp3) is 0.533. The number of rotatable bonds is 3. The number of aromatic nitrogens is 4. The maximum atomic E-state index is 12.3. The van der Waals surface area contributed by atoms with E-state index >= 15 is 0 Å². The Bertz CT molecular complexity index is 877. The SMILES string of the molecule is O=C(Nc1cc2n(n1)CCCC2)Nc1ccnn1C1CCS(=O)(=O)C1. The Morgan fingerprint density at radius 1 is 1.28 bits per heavy atom. The highest BCUT2D eigenvalue weighted by molar-refractivity contribution is 7.91. The minimum Gasteiger partial charge on any atom is -0.292 e. The first-order chi connectivity index (χ1) is 12.0. The number of hydrogen-bond acceptors (Lipinski definition) is 5. The number of amides is 2. The van der Waals surface area contributed by atoms with E-state index in [4.69, 9.17) is 0 Å². The van der Waals surface area contributed by atoms with Gasteiger partial charge in [0.25, 0.3) is 0 Å². The van der Waals surface area contributed by atoms with Crippen LogP contribution in [-0.2, 0) is 22.8 Å². The summed E-state index contributed by atoms with van der Waals surface area (Å²) in [5, 5.41) is 14.0. The largest absolute Gasteiger partial charge is 0.326 e. The predicted octanol–water partition coefficient (Wildman–Crippen LogP) is 1.42. The number of hydrogen-bond donors (Lipinski definition) is 2. The maximum Gasteiger partial charge on any atom is 0.326 e. The van der Waals surface area contributed by atoms with E-state index in [-0.39, 0.29) is 17.5 Å². The molecule has 2 aromatic rings. The Hall–Kier alpha value is -2.36. The van der Waals surface area contributed by atoms with Gasteiger partial charge in [0.2, 0.25) is 0 Å². The van der Waals surface area contributed by atoms with Crippen molar-refractivity contribution in [3.63, 3.8) is 0 Å². The highest BCUT2D eigenvalue weighted by atomic mass is 32.2. The Balaban J connectivity index is 1.43. The molecular formula is C15H20N6O3S. The summed E-state index contributed by atoms with van der Waals surface area (Å²) in [5.41, 5.74) is 1.13. The van der Waals surface area contributed by atoms with Gasteiger partial charge in [-0.1, -0.05) is 0 Å². The zero-order valence-corrected chi connectivity index (χ0v) is 14.5. The number of aryl methyl sites for hydroxylation is 2. The number of sulfone groups is 1. The molecule has 134 valence electrons. The number of carbonyl (C=O) groups excluding carboxylic acids is 1. The topological polar surface area (TPSA) is 111 Å². The molecule has 0 aliphatic carbocycles. The summed E-state index contributed by atoms with van der Waals surface area (Å²) in [6.45, 7) is 0.877. The third kappa shape index (κ3) is 3.39. The van der Waals surface area contributed by atoms with E-state index in [9.17, 15) is 13.2 Å². The van der Waals surface area contributed by atoms with E-state index in [1.807, 2.05) is 10.7 Å². The molecule has 0 aromatic carbocycles. The Labute approximate surface area is 145 Å². The molecule has 1 unspecified atom stereocenters. The van der Waals surface area contributed by atoms with Gasteiger partial charge >= 0.3 is 6.03 Å². The molecule has 1 fully saturated rings. The molecular weight excluding hydrogens is 344 g/mol. The second-order valence-corrected chi connectivity index (χ2v) is 8.73. The monoisotopic (exact) mass is 364 g/mol. The molecule has 0 radical (unpaired) electrons. The van der Waals surface area contributed by atoms with Gasteiger partial charge in [-0.05, 0) is 25.7 Å². The van der Waals surface area contributed by atoms with Crippen molar-refractivity contribution < 1.29 is 13.2 Å². The lowest BCUT2D eigenvalue weighted by molar-refractivity contribution is 0.261. The van der Waals surface area contributed by atoms with E-state index in [2.05, 4.69) is 20.8 Å². The van der Waals surface area contributed by atoms with E-state index in [1.54, 1.807) is 16.9 Å². The van der Waals surface area contributed by atoms with E-state index in [0.717, 1.165) is 31.5 Å². The van der Waals surface area contributed by atoms with Gasteiger partial charge in [0, 0.05) is 24.4 Å². The third-order valence-electron chi connectivity index (χ3n) is 4.62. The zero-order chi connectivity index (χ0) is 17.4. The molecule has 25 heavy (non-hydrogen) atoms. The zero-order valence-electron chi connectivity index (χ0n) is 13.7. The molecule has 2 N–H and O–H groups in total. The van der Waals surface area contributed by atoms with Crippen molar-refractivity contribution in [3.05, 3.63) is 24.0 Å². The number of urea groups is 1. The maximum absolute atomic E-state index is 12.3. The van der Waals surface area contributed by atoms with Crippen LogP contribution in [0.4, 0.5) is 16.4 Å². The van der Waals surface area contributed by atoms with Gasteiger partial charge < -0.3 is 0 Å². The molecule has 1 atom stereocenters. The molecule has 2 amide bonds. The molecule has 0 bridgehead atoms. The lowest BCUT2D eigenvalue weighted by atomic mass is 10.1. The van der Waals surface area contributed by atoms with Gasteiger partial charge in [-0.2, -0.15) is 10.2 Å². The molecule has 0 spiro atoms. The predicted molar refractivity (Wildman–Crippen MR) is 92.3 cm³/mol. The Kier molecular flexibility index (Phi) is 3.98. The summed E-state index contributed by atoms with van der Waals surface area (Å²) in [6.07, 6.45) is 5.27. The second kappa shape index (κ2) is 6.17. The van der Waals surface area contributed by atoms with Crippen molar-refractivity contribution in [1.29, 1.82) is 0 Å². The fourth-order valence-corrected chi connectivity index (χ4v) is 5.11. The fourth-order valence-electron chi connectivity index (χ4n) is 3.42. The summed E-state index contributed by atoms with van der Waals surface area (Å²) in [6, 6.07) is 2.88. The van der Waals surface area contributed by atoms with Gasteiger partial charge in [-0.15, -0.1) is 0 Å². The number of nitrogens with zero attached hydrogens (tertiary/aromatic N) is 4. The van der Waals surface area contributed by atoms with Crippen molar-refractivity contribution in [2.75, 3.05) is 22.1 Å². The molecule has 0 saturated carbocycles. The molecule has 9 nitrogen and oxygen atoms in total. The standard InChI is InChI=1S/C15H20N6O3S/c22-15(17-13-9-11-3-1-2-7-20(11)19-13)18-14-4-6-16-21(14)12-5-8-25(23,24)10-12/h4,6,9,12H,1-3,5,7-8,10H2,(H2,17,18,19,22). The van der Waals surface area contributed by atoms with Crippen LogP contribution in [0.3, 0.4) is 0 Å². The Morgan fingerprint density at radius 3 is 2.92 bits per heavy atom. The van der Waals surface area contributed by atoms with Gasteiger partial charge in [0.15, 0.2) is 15.7 Å². The minimum absolute atomic E-state index is 0.0543. The number of anilines is 2. The molecule has 1 saturated heterocycles. The molecule has 2 aliphatic heterocycles. The van der Waals surface area contributed by atoms with Crippen molar-refractivity contribution in [2.45, 2.75) is 38.3 Å². The molecule has 4 rings (SSSR count). The number of carbonyl (C=O) groups is 1. The van der Waals surface area contributed by atoms with Crippen LogP contribution in [-0.4, -0.2) is 45.5 Å². The lowest BCUT2D eigenvalue weighted by Gasteiger charge is -2.13. The van der Waals surface area contributed by atoms with Gasteiger partial charge in [-0.25, -0.2) is 17.9 Å². The van der Waals surface area contributed by atoms with Crippen LogP contribution in [0.25, 0.3) is 0 Å². The quantitative estimate of drug-likeness (QED) is 0.856. The van der Waals surface area contributed by atoms with Gasteiger partial charge in [0.1, 0.15) is 5.82 Å². The van der Waals surface area contributed by atoms with Crippen LogP contribution >= 0.6 is 0 Å². The Morgan fingerprint density at radius 2 is 2.16 bits per heavy atom. The molecule has 4 heterocycles. The van der Waals surface area contributed by atoms with E-state index < -0.39 is 15.9 Å². The van der Waals surface area contributed by atoms with Crippen molar-refractivity contribution in [1.82, 2.24) is 19.6 Å². The van der Waals surface area contributed by atoms with Crippen LogP contribution in [0.15, 0.2) is 18.3 Å². The molecule has 10 heteroatoms. The van der Waals surface area contributed by atoms with Crippen LogP contribution in [0.1, 0.15) is 31.0 Å². The summed E-state index contributed by atoms with van der Waals surface area (Å²) in [7, 11) is -3.02. The van der Waals surface area contributed by atoms with Crippen LogP contribution in [0, 0.1) is 0 Å². The molecule has 2 aromatic heterocycles. The smallest absolute Gasteiger partial charge is 0.292 e. The first-order valence-corrected chi connectivity index (χ1v) is 10.2. The van der Waals surface area contributed by atoms with Crippen LogP contribution in [0.5, 0.6) is 0 Å². The van der Waals surface area contributed by atoms with Crippen LogP contribution in [0.2, 0.25) is 0 Å². The normalized spacial score (nSPS) is 21.7. The highest BCUT2D eigenvalue weighted by Gasteiger charge is 2.31. The van der Waals surface area contributed by atoms with E-state index in [1.165, 1.54) is 0 Å².